The zero-order valence-electron chi connectivity index (χ0n) is 14.4. The highest BCUT2D eigenvalue weighted by Gasteiger charge is 2.34. The third-order valence-corrected chi connectivity index (χ3v) is 8.98. The van der Waals surface area contributed by atoms with Gasteiger partial charge in [-0.25, -0.2) is 8.42 Å². The van der Waals surface area contributed by atoms with Crippen LogP contribution in [0.2, 0.25) is 0 Å². The van der Waals surface area contributed by atoms with Crippen LogP contribution in [0.5, 0.6) is 0 Å². The number of anilines is 1. The van der Waals surface area contributed by atoms with Crippen LogP contribution in [0.4, 0.5) is 5.13 Å². The van der Waals surface area contributed by atoms with Gasteiger partial charge >= 0.3 is 0 Å². The first-order chi connectivity index (χ1) is 12.4. The van der Waals surface area contributed by atoms with Gasteiger partial charge in [-0.1, -0.05) is 43.0 Å². The van der Waals surface area contributed by atoms with Crippen LogP contribution in [0.1, 0.15) is 26.7 Å². The lowest BCUT2D eigenvalue weighted by molar-refractivity contribution is -0.120. The van der Waals surface area contributed by atoms with E-state index < -0.39 is 10.0 Å². The lowest BCUT2D eigenvalue weighted by Gasteiger charge is -2.30. The number of piperidine rings is 1. The number of hydrogen-bond acceptors (Lipinski definition) is 8. The largest absolute Gasteiger partial charge is 0.300 e. The fourth-order valence-corrected chi connectivity index (χ4v) is 7.28. The van der Waals surface area contributed by atoms with Gasteiger partial charge < -0.3 is 5.32 Å². The average Bonchev–Trinajstić information content (AvgIpc) is 3.27. The number of nitrogens with zero attached hydrogens (tertiary/aromatic N) is 3. The maximum absolute atomic E-state index is 12.7. The molecule has 0 unspecified atom stereocenters. The second kappa shape index (κ2) is 8.34. The van der Waals surface area contributed by atoms with Crippen LogP contribution >= 0.6 is 34.4 Å². The Labute approximate surface area is 165 Å². The molecule has 1 aliphatic rings. The van der Waals surface area contributed by atoms with Gasteiger partial charge in [-0.05, 0) is 24.3 Å². The van der Waals surface area contributed by atoms with Crippen molar-refractivity contribution in [3.8, 4) is 0 Å². The SMILES string of the molecule is CC(C)Sc1nnc(NC(=O)[C@@H]2CCCN(S(=O)(=O)c3cccs3)C2)s1. The van der Waals surface area contributed by atoms with Gasteiger partial charge in [0.1, 0.15) is 4.21 Å². The molecular weight excluding hydrogens is 412 g/mol. The van der Waals surface area contributed by atoms with Crippen molar-refractivity contribution in [1.29, 1.82) is 0 Å². The first-order valence-electron chi connectivity index (χ1n) is 8.21. The number of nitrogens with one attached hydrogen (secondary N) is 1. The van der Waals surface area contributed by atoms with Crippen LogP contribution in [-0.4, -0.2) is 47.2 Å². The maximum Gasteiger partial charge on any atom is 0.252 e. The Morgan fingerprint density at radius 3 is 2.92 bits per heavy atom. The van der Waals surface area contributed by atoms with Gasteiger partial charge in [-0.15, -0.1) is 21.5 Å². The van der Waals surface area contributed by atoms with Gasteiger partial charge in [0.25, 0.3) is 10.0 Å². The van der Waals surface area contributed by atoms with Crippen LogP contribution in [-0.2, 0) is 14.8 Å². The minimum atomic E-state index is -3.52. The smallest absolute Gasteiger partial charge is 0.252 e. The van der Waals surface area contributed by atoms with Crippen LogP contribution in [0.15, 0.2) is 26.1 Å². The van der Waals surface area contributed by atoms with Crippen molar-refractivity contribution < 1.29 is 13.2 Å². The summed E-state index contributed by atoms with van der Waals surface area (Å²) in [7, 11) is -3.52. The summed E-state index contributed by atoms with van der Waals surface area (Å²) >= 11 is 4.12. The second-order valence-corrected chi connectivity index (χ2v) is 12.1. The van der Waals surface area contributed by atoms with Gasteiger partial charge in [0.2, 0.25) is 11.0 Å². The van der Waals surface area contributed by atoms with Crippen molar-refractivity contribution in [3.63, 3.8) is 0 Å². The zero-order chi connectivity index (χ0) is 18.7. The molecule has 0 aliphatic carbocycles. The van der Waals surface area contributed by atoms with Crippen molar-refractivity contribution in [1.82, 2.24) is 14.5 Å². The summed E-state index contributed by atoms with van der Waals surface area (Å²) in [6.45, 7) is 4.76. The first-order valence-corrected chi connectivity index (χ1v) is 12.2. The summed E-state index contributed by atoms with van der Waals surface area (Å²) in [4.78, 5) is 12.6. The molecule has 0 radical (unpaired) electrons. The second-order valence-electron chi connectivity index (χ2n) is 6.16. The van der Waals surface area contributed by atoms with Crippen molar-refractivity contribution in [2.75, 3.05) is 18.4 Å². The molecule has 1 fully saturated rings. The van der Waals surface area contributed by atoms with E-state index in [0.29, 0.717) is 34.0 Å². The minimum Gasteiger partial charge on any atom is -0.300 e. The van der Waals surface area contributed by atoms with Crippen molar-refractivity contribution in [3.05, 3.63) is 17.5 Å². The fraction of sp³-hybridized carbons (Fsp3) is 0.533. The summed E-state index contributed by atoms with van der Waals surface area (Å²) in [6, 6.07) is 3.31. The Morgan fingerprint density at radius 2 is 2.23 bits per heavy atom. The van der Waals surface area contributed by atoms with Crippen molar-refractivity contribution in [2.45, 2.75) is 40.5 Å². The lowest BCUT2D eigenvalue weighted by atomic mass is 9.99. The molecule has 26 heavy (non-hydrogen) atoms. The molecule has 2 aromatic heterocycles. The van der Waals surface area contributed by atoms with Crippen molar-refractivity contribution in [2.24, 2.45) is 5.92 Å². The van der Waals surface area contributed by atoms with E-state index in [9.17, 15) is 13.2 Å². The number of thioether (sulfide) groups is 1. The molecule has 7 nitrogen and oxygen atoms in total. The Balaban J connectivity index is 1.64. The monoisotopic (exact) mass is 432 g/mol. The molecule has 0 saturated carbocycles. The molecule has 142 valence electrons. The average molecular weight is 433 g/mol. The van der Waals surface area contributed by atoms with E-state index in [-0.39, 0.29) is 18.4 Å². The number of sulfonamides is 1. The Hall–Kier alpha value is -1.01. The van der Waals surface area contributed by atoms with E-state index in [2.05, 4.69) is 29.4 Å². The fourth-order valence-electron chi connectivity index (χ4n) is 2.63. The predicted octanol–water partition coefficient (Wildman–Crippen LogP) is 3.14. The number of carbonyl (C=O) groups excluding carboxylic acids is 1. The number of aromatic nitrogens is 2. The molecule has 1 N–H and O–H groups in total. The summed E-state index contributed by atoms with van der Waals surface area (Å²) in [5.74, 6) is -0.586. The molecule has 1 saturated heterocycles. The Kier molecular flexibility index (Phi) is 6.33. The van der Waals surface area contributed by atoms with E-state index in [4.69, 9.17) is 0 Å². The summed E-state index contributed by atoms with van der Waals surface area (Å²) in [6.07, 6.45) is 1.32. The molecule has 0 aromatic carbocycles. The maximum atomic E-state index is 12.7. The molecule has 1 amide bonds. The van der Waals surface area contributed by atoms with Gasteiger partial charge in [0.15, 0.2) is 4.34 Å². The summed E-state index contributed by atoms with van der Waals surface area (Å²) in [5.41, 5.74) is 0. The molecule has 11 heteroatoms. The highest BCUT2D eigenvalue weighted by atomic mass is 32.2. The van der Waals surface area contributed by atoms with Crippen LogP contribution in [0.3, 0.4) is 0 Å². The van der Waals surface area contributed by atoms with Gasteiger partial charge in [0, 0.05) is 18.3 Å². The molecule has 0 bridgehead atoms. The number of carbonyl (C=O) groups is 1. The Morgan fingerprint density at radius 1 is 1.42 bits per heavy atom. The number of amides is 1. The number of rotatable bonds is 6. The van der Waals surface area contributed by atoms with E-state index in [1.807, 2.05) is 0 Å². The van der Waals surface area contributed by atoms with Crippen LogP contribution in [0, 0.1) is 5.92 Å². The third-order valence-electron chi connectivity index (χ3n) is 3.82. The topological polar surface area (TPSA) is 92.3 Å². The van der Waals surface area contributed by atoms with E-state index >= 15 is 0 Å². The minimum absolute atomic E-state index is 0.193. The molecule has 3 rings (SSSR count). The molecule has 2 aromatic rings. The van der Waals surface area contributed by atoms with Gasteiger partial charge in [0.05, 0.1) is 5.92 Å². The molecule has 3 heterocycles. The summed E-state index contributed by atoms with van der Waals surface area (Å²) < 4.78 is 27.9. The molecule has 1 atom stereocenters. The number of thiophene rings is 1. The molecule has 0 spiro atoms. The number of hydrogen-bond donors (Lipinski definition) is 1. The highest BCUT2D eigenvalue weighted by Crippen LogP contribution is 2.30. The van der Waals surface area contributed by atoms with Crippen LogP contribution < -0.4 is 5.32 Å². The Bertz CT molecular complexity index is 848. The van der Waals surface area contributed by atoms with E-state index in [1.54, 1.807) is 29.3 Å². The standard InChI is InChI=1S/C15H20N4O3S4/c1-10(2)24-15-18-17-14(25-15)16-13(20)11-5-3-7-19(9-11)26(21,22)12-6-4-8-23-12/h4,6,8,10-11H,3,5,7,9H2,1-2H3,(H,16,17,20)/t11-/m1/s1. The van der Waals surface area contributed by atoms with Crippen molar-refractivity contribution >= 4 is 55.5 Å². The molecular formula is C15H20N4O3S4. The highest BCUT2D eigenvalue weighted by molar-refractivity contribution is 8.01. The lowest BCUT2D eigenvalue weighted by Crippen LogP contribution is -2.43. The third kappa shape index (κ3) is 4.63. The quantitative estimate of drug-likeness (QED) is 0.557. The van der Waals surface area contributed by atoms with Crippen LogP contribution in [0.25, 0.3) is 0 Å². The van der Waals surface area contributed by atoms with Gasteiger partial charge in [-0.2, -0.15) is 4.31 Å². The summed E-state index contributed by atoms with van der Waals surface area (Å²) in [5, 5.41) is 13.4. The van der Waals surface area contributed by atoms with Gasteiger partial charge in [-0.3, -0.25) is 4.79 Å². The van der Waals surface area contributed by atoms with E-state index in [0.717, 1.165) is 4.34 Å². The predicted molar refractivity (Wildman–Crippen MR) is 105 cm³/mol. The first kappa shape index (κ1) is 19.7. The van der Waals surface area contributed by atoms with E-state index in [1.165, 1.54) is 27.0 Å². The zero-order valence-corrected chi connectivity index (χ0v) is 17.7. The normalized spacial score (nSPS) is 19.0. The molecule has 1 aliphatic heterocycles.